The summed E-state index contributed by atoms with van der Waals surface area (Å²) in [6, 6.07) is 0. The molecule has 1 amide bonds. The molecular weight excluding hydrogens is 314 g/mol. The maximum absolute atomic E-state index is 12.1. The van der Waals surface area contributed by atoms with Gasteiger partial charge in [0.15, 0.2) is 0 Å². The highest BCUT2D eigenvalue weighted by Crippen LogP contribution is 2.42. The molecule has 6 heteroatoms. The van der Waals surface area contributed by atoms with Crippen LogP contribution < -0.4 is 0 Å². The molecule has 0 bridgehead atoms. The van der Waals surface area contributed by atoms with E-state index >= 15 is 0 Å². The first-order chi connectivity index (χ1) is 12.0. The van der Waals surface area contributed by atoms with Gasteiger partial charge >= 0.3 is 0 Å². The summed E-state index contributed by atoms with van der Waals surface area (Å²) in [6.07, 6.45) is 7.43. The van der Waals surface area contributed by atoms with Crippen LogP contribution in [0.2, 0.25) is 0 Å². The minimum absolute atomic E-state index is 0.140. The van der Waals surface area contributed by atoms with E-state index < -0.39 is 0 Å². The van der Waals surface area contributed by atoms with Gasteiger partial charge in [-0.15, -0.1) is 0 Å². The van der Waals surface area contributed by atoms with E-state index in [4.69, 9.17) is 0 Å². The summed E-state index contributed by atoms with van der Waals surface area (Å²) in [4.78, 5) is 19.2. The van der Waals surface area contributed by atoms with Crippen molar-refractivity contribution < 1.29 is 4.79 Å². The van der Waals surface area contributed by atoms with E-state index in [1.165, 1.54) is 24.1 Å². The number of aryl methyl sites for hydroxylation is 1. The van der Waals surface area contributed by atoms with Gasteiger partial charge in [-0.3, -0.25) is 19.3 Å². The van der Waals surface area contributed by atoms with Crippen molar-refractivity contribution in [2.45, 2.75) is 50.1 Å². The molecule has 1 aromatic rings. The fourth-order valence-corrected chi connectivity index (χ4v) is 4.71. The number of carbonyl (C=O) groups is 1. The average Bonchev–Trinajstić information content (AvgIpc) is 3.38. The summed E-state index contributed by atoms with van der Waals surface area (Å²) in [5.74, 6) is 1.03. The third-order valence-electron chi connectivity index (χ3n) is 6.64. The smallest absolute Gasteiger partial charge is 0.222 e. The van der Waals surface area contributed by atoms with E-state index in [0.717, 1.165) is 51.5 Å². The first-order valence-electron chi connectivity index (χ1n) is 9.67. The minimum atomic E-state index is 0.140. The van der Waals surface area contributed by atoms with Crippen LogP contribution in [-0.2, 0) is 18.4 Å². The molecule has 0 aromatic carbocycles. The highest BCUT2D eigenvalue weighted by atomic mass is 16.2. The summed E-state index contributed by atoms with van der Waals surface area (Å²) in [5.41, 5.74) is 3.00. The monoisotopic (exact) mass is 345 g/mol. The minimum Gasteiger partial charge on any atom is -0.346 e. The molecule has 6 nitrogen and oxygen atoms in total. The molecule has 4 rings (SSSR count). The number of carbonyl (C=O) groups excluding carboxylic acids is 1. The molecule has 1 unspecified atom stereocenters. The summed E-state index contributed by atoms with van der Waals surface area (Å²) in [7, 11) is 6.27. The van der Waals surface area contributed by atoms with Gasteiger partial charge in [0.05, 0.1) is 6.20 Å². The second-order valence-electron chi connectivity index (χ2n) is 8.37. The zero-order chi connectivity index (χ0) is 17.6. The molecule has 2 saturated heterocycles. The van der Waals surface area contributed by atoms with Crippen molar-refractivity contribution >= 4 is 5.91 Å². The van der Waals surface area contributed by atoms with Crippen LogP contribution in [0.5, 0.6) is 0 Å². The van der Waals surface area contributed by atoms with Crippen molar-refractivity contribution in [1.82, 2.24) is 24.5 Å². The number of nitrogens with zero attached hydrogens (tertiary/aromatic N) is 5. The number of aromatic nitrogens is 2. The van der Waals surface area contributed by atoms with E-state index in [1.807, 2.05) is 11.9 Å². The number of hydrogen-bond acceptors (Lipinski definition) is 4. The molecule has 1 aliphatic carbocycles. The fraction of sp³-hybridized carbons (Fsp3) is 0.789. The molecular formula is C19H31N5O. The van der Waals surface area contributed by atoms with Crippen LogP contribution in [-0.4, -0.2) is 76.2 Å². The van der Waals surface area contributed by atoms with E-state index in [0.29, 0.717) is 12.3 Å². The quantitative estimate of drug-likeness (QED) is 0.831. The highest BCUT2D eigenvalue weighted by molar-refractivity contribution is 5.76. The standard InChI is InChI=1S/C19H31N5O/c1-21-9-8-19(7-6-17(21)25)14-24(11-10-22(19)2)13-16-12-20-23(3)18(16)15-4-5-15/h12,15H,4-11,13-14H2,1-3H3. The van der Waals surface area contributed by atoms with E-state index in [-0.39, 0.29) is 5.54 Å². The second-order valence-corrected chi connectivity index (χ2v) is 8.37. The van der Waals surface area contributed by atoms with E-state index in [2.05, 4.69) is 39.9 Å². The number of piperazine rings is 1. The van der Waals surface area contributed by atoms with Crippen LogP contribution in [0, 0.1) is 0 Å². The Morgan fingerprint density at radius 1 is 1.16 bits per heavy atom. The maximum Gasteiger partial charge on any atom is 0.222 e. The first kappa shape index (κ1) is 17.0. The molecule has 0 radical (unpaired) electrons. The molecule has 3 heterocycles. The van der Waals surface area contributed by atoms with Gasteiger partial charge in [0, 0.05) is 76.0 Å². The van der Waals surface area contributed by atoms with Crippen LogP contribution in [0.25, 0.3) is 0 Å². The average molecular weight is 345 g/mol. The number of likely N-dealkylation sites (N-methyl/N-ethyl adjacent to an activating group) is 1. The molecule has 25 heavy (non-hydrogen) atoms. The Kier molecular flexibility index (Phi) is 4.36. The Bertz CT molecular complexity index is 652. The lowest BCUT2D eigenvalue weighted by Crippen LogP contribution is -2.60. The molecule has 1 saturated carbocycles. The van der Waals surface area contributed by atoms with Crippen LogP contribution in [0.1, 0.15) is 49.3 Å². The molecule has 1 spiro atoms. The van der Waals surface area contributed by atoms with Crippen molar-refractivity contribution in [3.63, 3.8) is 0 Å². The topological polar surface area (TPSA) is 44.6 Å². The zero-order valence-electron chi connectivity index (χ0n) is 15.9. The molecule has 3 fully saturated rings. The van der Waals surface area contributed by atoms with Gasteiger partial charge in [0.2, 0.25) is 5.91 Å². The lowest BCUT2D eigenvalue weighted by Gasteiger charge is -2.49. The van der Waals surface area contributed by atoms with Crippen molar-refractivity contribution in [1.29, 1.82) is 0 Å². The predicted molar refractivity (Wildman–Crippen MR) is 97.3 cm³/mol. The summed E-state index contributed by atoms with van der Waals surface area (Å²) >= 11 is 0. The van der Waals surface area contributed by atoms with Gasteiger partial charge in [-0.2, -0.15) is 5.10 Å². The van der Waals surface area contributed by atoms with Crippen LogP contribution in [0.3, 0.4) is 0 Å². The number of rotatable bonds is 3. The van der Waals surface area contributed by atoms with Gasteiger partial charge in [0.1, 0.15) is 0 Å². The normalized spacial score (nSPS) is 29.4. The summed E-state index contributed by atoms with van der Waals surface area (Å²) in [6.45, 7) is 5.11. The molecule has 138 valence electrons. The molecule has 0 N–H and O–H groups in total. The van der Waals surface area contributed by atoms with Crippen molar-refractivity contribution in [2.24, 2.45) is 7.05 Å². The third kappa shape index (κ3) is 3.22. The Hall–Kier alpha value is -1.40. The van der Waals surface area contributed by atoms with Crippen molar-refractivity contribution in [3.8, 4) is 0 Å². The number of likely N-dealkylation sites (tertiary alicyclic amines) is 1. The lowest BCUT2D eigenvalue weighted by molar-refractivity contribution is -0.129. The van der Waals surface area contributed by atoms with E-state index in [1.54, 1.807) is 0 Å². The second kappa shape index (κ2) is 6.40. The van der Waals surface area contributed by atoms with Gasteiger partial charge in [0.25, 0.3) is 0 Å². The molecule has 2 aliphatic heterocycles. The van der Waals surface area contributed by atoms with Gasteiger partial charge in [-0.25, -0.2) is 0 Å². The van der Waals surface area contributed by atoms with Gasteiger partial charge in [-0.05, 0) is 32.7 Å². The SMILES string of the molecule is CN1CCC2(CCC1=O)CN(Cc1cnn(C)c1C1CC1)CCN2C. The van der Waals surface area contributed by atoms with E-state index in [9.17, 15) is 4.79 Å². The molecule has 1 aromatic heterocycles. The zero-order valence-corrected chi connectivity index (χ0v) is 15.9. The Labute approximate surface area is 150 Å². The Morgan fingerprint density at radius 3 is 2.72 bits per heavy atom. The fourth-order valence-electron chi connectivity index (χ4n) is 4.71. The van der Waals surface area contributed by atoms with Crippen LogP contribution >= 0.6 is 0 Å². The summed E-state index contributed by atoms with van der Waals surface area (Å²) in [5, 5.41) is 4.53. The van der Waals surface area contributed by atoms with Gasteiger partial charge in [-0.1, -0.05) is 0 Å². The van der Waals surface area contributed by atoms with Crippen molar-refractivity contribution in [2.75, 3.05) is 40.3 Å². The number of amides is 1. The largest absolute Gasteiger partial charge is 0.346 e. The highest BCUT2D eigenvalue weighted by Gasteiger charge is 2.42. The molecule has 1 atom stereocenters. The predicted octanol–water partition coefficient (Wildman–Crippen LogP) is 1.43. The van der Waals surface area contributed by atoms with Crippen molar-refractivity contribution in [3.05, 3.63) is 17.5 Å². The molecule has 3 aliphatic rings. The van der Waals surface area contributed by atoms with Crippen LogP contribution in [0.4, 0.5) is 0 Å². The number of hydrogen-bond donors (Lipinski definition) is 0. The summed E-state index contributed by atoms with van der Waals surface area (Å²) < 4.78 is 2.08. The maximum atomic E-state index is 12.1. The first-order valence-corrected chi connectivity index (χ1v) is 9.67. The van der Waals surface area contributed by atoms with Gasteiger partial charge < -0.3 is 4.90 Å². The van der Waals surface area contributed by atoms with Crippen LogP contribution in [0.15, 0.2) is 6.20 Å². The third-order valence-corrected chi connectivity index (χ3v) is 6.64. The Balaban J connectivity index is 1.50. The lowest BCUT2D eigenvalue weighted by atomic mass is 9.86. The Morgan fingerprint density at radius 2 is 1.96 bits per heavy atom.